The van der Waals surface area contributed by atoms with Crippen molar-refractivity contribution in [3.63, 3.8) is 0 Å². The zero-order chi connectivity index (χ0) is 21.4. The minimum absolute atomic E-state index is 0.353. The van der Waals surface area contributed by atoms with Gasteiger partial charge in [0.05, 0.1) is 10.4 Å². The van der Waals surface area contributed by atoms with Crippen LogP contribution in [0.1, 0.15) is 12.8 Å². The van der Waals surface area contributed by atoms with Gasteiger partial charge in [-0.3, -0.25) is 0 Å². The van der Waals surface area contributed by atoms with Crippen LogP contribution in [-0.4, -0.2) is 57.0 Å². The Labute approximate surface area is 188 Å². The minimum Gasteiger partial charge on any atom is -0.368 e. The third-order valence-corrected chi connectivity index (χ3v) is 8.26. The quantitative estimate of drug-likeness (QED) is 0.594. The van der Waals surface area contributed by atoms with Crippen LogP contribution >= 0.6 is 11.6 Å². The van der Waals surface area contributed by atoms with E-state index in [0.29, 0.717) is 18.0 Å². The molecule has 2 fully saturated rings. The average molecular weight is 457 g/mol. The number of piperazine rings is 1. The number of hydrogen-bond donors (Lipinski definition) is 0. The van der Waals surface area contributed by atoms with Gasteiger partial charge in [0, 0.05) is 55.4 Å². The fourth-order valence-electron chi connectivity index (χ4n) is 4.37. The number of nitrogens with zero attached hydrogens (tertiary/aromatic N) is 4. The molecule has 0 unspecified atom stereocenters. The summed E-state index contributed by atoms with van der Waals surface area (Å²) in [4.78, 5) is 9.77. The third-order valence-electron chi connectivity index (χ3n) is 6.13. The highest BCUT2D eigenvalue weighted by molar-refractivity contribution is 7.89. The fraction of sp³-hybridized carbons (Fsp3) is 0.348. The Morgan fingerprint density at radius 2 is 1.55 bits per heavy atom. The van der Waals surface area contributed by atoms with Crippen LogP contribution in [0.4, 0.5) is 11.5 Å². The molecular formula is C23H25ClN4O2S. The van der Waals surface area contributed by atoms with Crippen LogP contribution in [0.25, 0.3) is 10.9 Å². The van der Waals surface area contributed by atoms with E-state index in [1.54, 1.807) is 16.4 Å². The summed E-state index contributed by atoms with van der Waals surface area (Å²) in [5.41, 5.74) is 1.96. The van der Waals surface area contributed by atoms with Crippen molar-refractivity contribution in [2.75, 3.05) is 49.1 Å². The number of benzene rings is 2. The van der Waals surface area contributed by atoms with Crippen molar-refractivity contribution in [1.82, 2.24) is 9.29 Å². The SMILES string of the molecule is O=S(=O)(c1ccc2nc(N3CCN(c4cccc(Cl)c4)CC3)ccc2c1)N1CCCC1. The maximum absolute atomic E-state index is 12.8. The number of aromatic nitrogens is 1. The Morgan fingerprint density at radius 3 is 2.29 bits per heavy atom. The van der Waals surface area contributed by atoms with Crippen molar-refractivity contribution in [1.29, 1.82) is 0 Å². The standard InChI is InChI=1S/C23H25ClN4O2S/c24-19-4-3-5-20(17-19)26-12-14-27(15-13-26)23-9-6-18-16-21(7-8-22(18)25-23)31(29,30)28-10-1-2-11-28/h3-9,16-17H,1-2,10-15H2. The van der Waals surface area contributed by atoms with Gasteiger partial charge in [-0.15, -0.1) is 0 Å². The largest absolute Gasteiger partial charge is 0.368 e. The molecule has 0 amide bonds. The van der Waals surface area contributed by atoms with Crippen molar-refractivity contribution in [2.45, 2.75) is 17.7 Å². The monoisotopic (exact) mass is 456 g/mol. The molecule has 162 valence electrons. The first-order valence-electron chi connectivity index (χ1n) is 10.7. The number of anilines is 2. The summed E-state index contributed by atoms with van der Waals surface area (Å²) >= 11 is 6.13. The molecule has 0 saturated carbocycles. The van der Waals surface area contributed by atoms with E-state index in [1.165, 1.54) is 0 Å². The minimum atomic E-state index is -3.42. The number of pyridine rings is 1. The van der Waals surface area contributed by atoms with Crippen LogP contribution < -0.4 is 9.80 Å². The van der Waals surface area contributed by atoms with Crippen LogP contribution in [0.3, 0.4) is 0 Å². The molecule has 0 radical (unpaired) electrons. The smallest absolute Gasteiger partial charge is 0.243 e. The molecule has 1 aromatic heterocycles. The first kappa shape index (κ1) is 20.5. The zero-order valence-electron chi connectivity index (χ0n) is 17.2. The van der Waals surface area contributed by atoms with Crippen LogP contribution in [0.2, 0.25) is 5.02 Å². The number of sulfonamides is 1. The van der Waals surface area contributed by atoms with Gasteiger partial charge >= 0.3 is 0 Å². The van der Waals surface area contributed by atoms with Gasteiger partial charge in [0.2, 0.25) is 10.0 Å². The van der Waals surface area contributed by atoms with E-state index in [-0.39, 0.29) is 0 Å². The van der Waals surface area contributed by atoms with Crippen molar-refractivity contribution in [2.24, 2.45) is 0 Å². The Morgan fingerprint density at radius 1 is 0.806 bits per heavy atom. The number of fused-ring (bicyclic) bond motifs is 1. The molecule has 0 aliphatic carbocycles. The van der Waals surface area contributed by atoms with E-state index in [0.717, 1.165) is 66.5 Å². The van der Waals surface area contributed by atoms with Gasteiger partial charge in [0.15, 0.2) is 0 Å². The second-order valence-electron chi connectivity index (χ2n) is 8.09. The third kappa shape index (κ3) is 4.10. The first-order chi connectivity index (χ1) is 15.0. The second-order valence-corrected chi connectivity index (χ2v) is 10.5. The van der Waals surface area contributed by atoms with Crippen molar-refractivity contribution >= 4 is 44.0 Å². The summed E-state index contributed by atoms with van der Waals surface area (Å²) in [6.07, 6.45) is 1.87. The molecule has 3 aromatic rings. The van der Waals surface area contributed by atoms with Gasteiger partial charge in [-0.2, -0.15) is 4.31 Å². The molecule has 2 saturated heterocycles. The Balaban J connectivity index is 1.32. The number of halogens is 1. The van der Waals surface area contributed by atoms with Gasteiger partial charge in [0.1, 0.15) is 5.82 Å². The molecule has 31 heavy (non-hydrogen) atoms. The highest BCUT2D eigenvalue weighted by Crippen LogP contribution is 2.27. The molecule has 0 spiro atoms. The highest BCUT2D eigenvalue weighted by atomic mass is 35.5. The molecular weight excluding hydrogens is 432 g/mol. The molecule has 8 heteroatoms. The number of hydrogen-bond acceptors (Lipinski definition) is 5. The molecule has 2 aliphatic rings. The van der Waals surface area contributed by atoms with E-state index >= 15 is 0 Å². The lowest BCUT2D eigenvalue weighted by Crippen LogP contribution is -2.46. The Hall–Kier alpha value is -2.35. The lowest BCUT2D eigenvalue weighted by Gasteiger charge is -2.36. The molecule has 0 atom stereocenters. The number of rotatable bonds is 4. The first-order valence-corrected chi connectivity index (χ1v) is 12.5. The predicted octanol–water partition coefficient (Wildman–Crippen LogP) is 4.00. The lowest BCUT2D eigenvalue weighted by atomic mass is 10.2. The van der Waals surface area contributed by atoms with E-state index in [2.05, 4.69) is 15.9 Å². The van der Waals surface area contributed by atoms with Crippen molar-refractivity contribution in [3.05, 3.63) is 59.6 Å². The summed E-state index contributed by atoms with van der Waals surface area (Å²) in [6.45, 7) is 4.75. The molecule has 3 heterocycles. The topological polar surface area (TPSA) is 56.8 Å². The summed E-state index contributed by atoms with van der Waals surface area (Å²) in [7, 11) is -3.42. The van der Waals surface area contributed by atoms with Gasteiger partial charge < -0.3 is 9.80 Å². The Kier molecular flexibility index (Phi) is 5.50. The van der Waals surface area contributed by atoms with E-state index in [1.807, 2.05) is 36.4 Å². The summed E-state index contributed by atoms with van der Waals surface area (Å²) < 4.78 is 27.3. The van der Waals surface area contributed by atoms with Crippen LogP contribution in [0, 0.1) is 0 Å². The molecule has 0 bridgehead atoms. The highest BCUT2D eigenvalue weighted by Gasteiger charge is 2.27. The molecule has 6 nitrogen and oxygen atoms in total. The molecule has 2 aliphatic heterocycles. The summed E-state index contributed by atoms with van der Waals surface area (Å²) in [6, 6.07) is 17.2. The fourth-order valence-corrected chi connectivity index (χ4v) is 6.11. The lowest BCUT2D eigenvalue weighted by molar-refractivity contribution is 0.477. The van der Waals surface area contributed by atoms with Crippen LogP contribution in [-0.2, 0) is 10.0 Å². The van der Waals surface area contributed by atoms with E-state index in [9.17, 15) is 8.42 Å². The van der Waals surface area contributed by atoms with Gasteiger partial charge in [-0.1, -0.05) is 17.7 Å². The second kappa shape index (κ2) is 8.30. The van der Waals surface area contributed by atoms with Crippen LogP contribution in [0.5, 0.6) is 0 Å². The molecule has 5 rings (SSSR count). The zero-order valence-corrected chi connectivity index (χ0v) is 18.8. The molecule has 0 N–H and O–H groups in total. The van der Waals surface area contributed by atoms with E-state index in [4.69, 9.17) is 16.6 Å². The van der Waals surface area contributed by atoms with Crippen molar-refractivity contribution < 1.29 is 8.42 Å². The van der Waals surface area contributed by atoms with E-state index < -0.39 is 10.0 Å². The van der Waals surface area contributed by atoms with Crippen molar-refractivity contribution in [3.8, 4) is 0 Å². The van der Waals surface area contributed by atoms with Gasteiger partial charge in [-0.05, 0) is 61.4 Å². The van der Waals surface area contributed by atoms with Crippen LogP contribution in [0.15, 0.2) is 59.5 Å². The normalized spacial score (nSPS) is 18.1. The summed E-state index contributed by atoms with van der Waals surface area (Å²) in [5.74, 6) is 0.924. The average Bonchev–Trinajstić information content (AvgIpc) is 3.34. The summed E-state index contributed by atoms with van der Waals surface area (Å²) in [5, 5.41) is 1.60. The maximum Gasteiger partial charge on any atom is 0.243 e. The Bertz CT molecular complexity index is 1200. The predicted molar refractivity (Wildman–Crippen MR) is 126 cm³/mol. The van der Waals surface area contributed by atoms with Gasteiger partial charge in [-0.25, -0.2) is 13.4 Å². The molecule has 2 aromatic carbocycles. The van der Waals surface area contributed by atoms with Gasteiger partial charge in [0.25, 0.3) is 0 Å². The maximum atomic E-state index is 12.8.